The molecular formula is C22H24N4O4S. The smallest absolute Gasteiger partial charge is 0.234 e. The van der Waals surface area contributed by atoms with Gasteiger partial charge in [0.05, 0.1) is 26.1 Å². The first-order chi connectivity index (χ1) is 15.1. The molecule has 0 saturated carbocycles. The zero-order chi connectivity index (χ0) is 21.6. The van der Waals surface area contributed by atoms with Gasteiger partial charge in [-0.1, -0.05) is 17.8 Å². The minimum atomic E-state index is -0.109. The number of carbonyl (C=O) groups excluding carboxylic acids is 1. The standard InChI is InChI=1S/C22H24N4O4S/c1-26-20(13-15-4-9-18-19(12-15)30-11-3-10-29-18)24-25-22(26)31-14-21(27)23-16-5-7-17(28-2)8-6-16/h4-9,12H,3,10-11,13-14H2,1-2H3,(H,23,27). The predicted molar refractivity (Wildman–Crippen MR) is 118 cm³/mol. The monoisotopic (exact) mass is 440 g/mol. The maximum atomic E-state index is 12.3. The fourth-order valence-corrected chi connectivity index (χ4v) is 3.86. The van der Waals surface area contributed by atoms with E-state index in [-0.39, 0.29) is 11.7 Å². The Labute approximate surface area is 184 Å². The molecule has 1 aliphatic heterocycles. The number of carbonyl (C=O) groups is 1. The Morgan fingerprint density at radius 3 is 2.68 bits per heavy atom. The molecule has 0 fully saturated rings. The van der Waals surface area contributed by atoms with Gasteiger partial charge in [0.2, 0.25) is 5.91 Å². The van der Waals surface area contributed by atoms with E-state index in [0.29, 0.717) is 24.8 Å². The van der Waals surface area contributed by atoms with Crippen LogP contribution in [0.1, 0.15) is 17.8 Å². The second kappa shape index (κ2) is 9.74. The number of aromatic nitrogens is 3. The molecule has 0 unspecified atom stereocenters. The highest BCUT2D eigenvalue weighted by molar-refractivity contribution is 7.99. The Balaban J connectivity index is 1.34. The molecule has 2 heterocycles. The lowest BCUT2D eigenvalue weighted by Crippen LogP contribution is -2.14. The summed E-state index contributed by atoms with van der Waals surface area (Å²) in [4.78, 5) is 12.3. The van der Waals surface area contributed by atoms with E-state index in [2.05, 4.69) is 15.5 Å². The average Bonchev–Trinajstić information content (AvgIpc) is 2.98. The van der Waals surface area contributed by atoms with Gasteiger partial charge in [-0.25, -0.2) is 0 Å². The molecule has 0 atom stereocenters. The van der Waals surface area contributed by atoms with Crippen molar-refractivity contribution in [2.75, 3.05) is 31.4 Å². The zero-order valence-corrected chi connectivity index (χ0v) is 18.3. The molecule has 1 N–H and O–H groups in total. The third-order valence-electron chi connectivity index (χ3n) is 4.81. The highest BCUT2D eigenvalue weighted by atomic mass is 32.2. The van der Waals surface area contributed by atoms with Gasteiger partial charge in [-0.05, 0) is 42.0 Å². The summed E-state index contributed by atoms with van der Waals surface area (Å²) >= 11 is 1.35. The summed E-state index contributed by atoms with van der Waals surface area (Å²) in [6.07, 6.45) is 1.48. The second-order valence-electron chi connectivity index (χ2n) is 7.03. The molecule has 0 bridgehead atoms. The fraction of sp³-hybridized carbons (Fsp3) is 0.318. The molecule has 0 aliphatic carbocycles. The number of ether oxygens (including phenoxy) is 3. The maximum absolute atomic E-state index is 12.3. The summed E-state index contributed by atoms with van der Waals surface area (Å²) in [6.45, 7) is 1.32. The zero-order valence-electron chi connectivity index (χ0n) is 17.5. The molecule has 0 radical (unpaired) electrons. The van der Waals surface area contributed by atoms with Gasteiger partial charge in [-0.3, -0.25) is 4.79 Å². The molecule has 1 amide bonds. The Bertz CT molecular complexity index is 1050. The molecule has 2 aromatic carbocycles. The second-order valence-corrected chi connectivity index (χ2v) is 7.97. The molecule has 8 nitrogen and oxygen atoms in total. The third kappa shape index (κ3) is 5.29. The summed E-state index contributed by atoms with van der Waals surface area (Å²) in [5.41, 5.74) is 1.79. The van der Waals surface area contributed by atoms with E-state index in [4.69, 9.17) is 14.2 Å². The van der Waals surface area contributed by atoms with E-state index in [9.17, 15) is 4.79 Å². The van der Waals surface area contributed by atoms with Crippen LogP contribution in [0.2, 0.25) is 0 Å². The van der Waals surface area contributed by atoms with Gasteiger partial charge in [0.25, 0.3) is 0 Å². The molecule has 162 valence electrons. The van der Waals surface area contributed by atoms with Crippen LogP contribution >= 0.6 is 11.8 Å². The van der Waals surface area contributed by atoms with Gasteiger partial charge >= 0.3 is 0 Å². The van der Waals surface area contributed by atoms with Gasteiger partial charge in [-0.2, -0.15) is 0 Å². The van der Waals surface area contributed by atoms with E-state index in [1.54, 1.807) is 31.4 Å². The number of nitrogens with one attached hydrogen (secondary N) is 1. The van der Waals surface area contributed by atoms with Crippen LogP contribution in [-0.4, -0.2) is 46.7 Å². The molecule has 1 aromatic heterocycles. The number of nitrogens with zero attached hydrogens (tertiary/aromatic N) is 3. The quantitative estimate of drug-likeness (QED) is 0.564. The first kappa shape index (κ1) is 21.0. The summed E-state index contributed by atoms with van der Waals surface area (Å²) in [7, 11) is 3.51. The molecule has 1 aliphatic rings. The van der Waals surface area contributed by atoms with Crippen molar-refractivity contribution in [3.63, 3.8) is 0 Å². The van der Waals surface area contributed by atoms with Crippen LogP contribution in [0.25, 0.3) is 0 Å². The molecule has 4 rings (SSSR count). The molecule has 3 aromatic rings. The number of fused-ring (bicyclic) bond motifs is 1. The minimum Gasteiger partial charge on any atom is -0.497 e. The van der Waals surface area contributed by atoms with Crippen molar-refractivity contribution >= 4 is 23.4 Å². The first-order valence-electron chi connectivity index (χ1n) is 9.96. The van der Waals surface area contributed by atoms with Crippen LogP contribution in [0.4, 0.5) is 5.69 Å². The van der Waals surface area contributed by atoms with E-state index in [0.717, 1.165) is 40.7 Å². The Kier molecular flexibility index (Phi) is 6.61. The van der Waals surface area contributed by atoms with Crippen molar-refractivity contribution in [1.29, 1.82) is 0 Å². The Morgan fingerprint density at radius 2 is 1.90 bits per heavy atom. The minimum absolute atomic E-state index is 0.109. The van der Waals surface area contributed by atoms with Crippen LogP contribution in [-0.2, 0) is 18.3 Å². The van der Waals surface area contributed by atoms with Gasteiger partial charge in [0.1, 0.15) is 11.6 Å². The van der Waals surface area contributed by atoms with E-state index < -0.39 is 0 Å². The highest BCUT2D eigenvalue weighted by Gasteiger charge is 2.15. The molecule has 31 heavy (non-hydrogen) atoms. The van der Waals surface area contributed by atoms with E-state index in [1.807, 2.05) is 29.8 Å². The number of amides is 1. The fourth-order valence-electron chi connectivity index (χ4n) is 3.13. The average molecular weight is 441 g/mol. The number of rotatable bonds is 7. The lowest BCUT2D eigenvalue weighted by atomic mass is 10.1. The van der Waals surface area contributed by atoms with Crippen molar-refractivity contribution in [2.45, 2.75) is 18.0 Å². The Morgan fingerprint density at radius 1 is 1.13 bits per heavy atom. The number of thioether (sulfide) groups is 1. The predicted octanol–water partition coefficient (Wildman–Crippen LogP) is 3.31. The normalized spacial score (nSPS) is 12.8. The molecular weight excluding hydrogens is 416 g/mol. The summed E-state index contributed by atoms with van der Waals surface area (Å²) in [5, 5.41) is 12.1. The largest absolute Gasteiger partial charge is 0.497 e. The van der Waals surface area contributed by atoms with Gasteiger partial charge in [0.15, 0.2) is 16.7 Å². The highest BCUT2D eigenvalue weighted by Crippen LogP contribution is 2.31. The lowest BCUT2D eigenvalue weighted by Gasteiger charge is -2.09. The van der Waals surface area contributed by atoms with Crippen molar-refractivity contribution in [2.24, 2.45) is 7.05 Å². The lowest BCUT2D eigenvalue weighted by molar-refractivity contribution is -0.113. The van der Waals surface area contributed by atoms with Crippen molar-refractivity contribution < 1.29 is 19.0 Å². The van der Waals surface area contributed by atoms with Crippen molar-refractivity contribution in [1.82, 2.24) is 14.8 Å². The topological polar surface area (TPSA) is 87.5 Å². The van der Waals surface area contributed by atoms with Gasteiger partial charge in [-0.15, -0.1) is 10.2 Å². The number of benzene rings is 2. The van der Waals surface area contributed by atoms with Crippen LogP contribution < -0.4 is 19.5 Å². The van der Waals surface area contributed by atoms with Crippen LogP contribution in [0, 0.1) is 0 Å². The number of hydrogen-bond acceptors (Lipinski definition) is 7. The van der Waals surface area contributed by atoms with Gasteiger partial charge < -0.3 is 24.1 Å². The number of hydrogen-bond donors (Lipinski definition) is 1. The summed E-state index contributed by atoms with van der Waals surface area (Å²) in [6, 6.07) is 13.1. The summed E-state index contributed by atoms with van der Waals surface area (Å²) in [5.74, 6) is 3.23. The van der Waals surface area contributed by atoms with Crippen LogP contribution in [0.5, 0.6) is 17.2 Å². The van der Waals surface area contributed by atoms with Crippen LogP contribution in [0.3, 0.4) is 0 Å². The van der Waals surface area contributed by atoms with E-state index >= 15 is 0 Å². The van der Waals surface area contributed by atoms with Crippen LogP contribution in [0.15, 0.2) is 47.6 Å². The third-order valence-corrected chi connectivity index (χ3v) is 5.83. The Hall–Kier alpha value is -3.20. The summed E-state index contributed by atoms with van der Waals surface area (Å²) < 4.78 is 18.5. The molecule has 0 saturated heterocycles. The maximum Gasteiger partial charge on any atom is 0.234 e. The van der Waals surface area contributed by atoms with E-state index in [1.165, 1.54) is 11.8 Å². The number of anilines is 1. The molecule has 9 heteroatoms. The van der Waals surface area contributed by atoms with Crippen molar-refractivity contribution in [3.8, 4) is 17.2 Å². The first-order valence-corrected chi connectivity index (χ1v) is 10.9. The molecule has 0 spiro atoms. The van der Waals surface area contributed by atoms with Crippen molar-refractivity contribution in [3.05, 3.63) is 53.9 Å². The SMILES string of the molecule is COc1ccc(NC(=O)CSc2nnc(Cc3ccc4c(c3)OCCCO4)n2C)cc1. The number of methoxy groups -OCH3 is 1. The van der Waals surface area contributed by atoms with Gasteiger partial charge in [0, 0.05) is 25.6 Å².